The molecule has 2 fully saturated rings. The van der Waals surface area contributed by atoms with E-state index in [0.29, 0.717) is 16.0 Å². The summed E-state index contributed by atoms with van der Waals surface area (Å²) in [6, 6.07) is 0. The number of rotatable bonds is 1. The summed E-state index contributed by atoms with van der Waals surface area (Å²) in [5, 5.41) is 5.90. The molecule has 0 spiro atoms. The summed E-state index contributed by atoms with van der Waals surface area (Å²) in [6.07, 6.45) is 3.17. The molecule has 3 nitrogen and oxygen atoms in total. The molecule has 1 aliphatic heterocycles. The molecule has 1 saturated heterocycles. The highest BCUT2D eigenvalue weighted by Crippen LogP contribution is 2.37. The van der Waals surface area contributed by atoms with Gasteiger partial charge in [0.05, 0.1) is 5.75 Å². The third kappa shape index (κ3) is 3.07. The lowest BCUT2D eigenvalue weighted by atomic mass is 9.72. The van der Waals surface area contributed by atoms with E-state index in [2.05, 4.69) is 25.9 Å². The van der Waals surface area contributed by atoms with Gasteiger partial charge in [0, 0.05) is 5.71 Å². The number of hydrazone groups is 1. The Kier molecular flexibility index (Phi) is 3.59. The van der Waals surface area contributed by atoms with Crippen LogP contribution in [-0.4, -0.2) is 26.7 Å². The Morgan fingerprint density at radius 1 is 1.53 bits per heavy atom. The Balaban J connectivity index is 2.16. The molecule has 1 atom stereocenters. The molecule has 0 aromatic rings. The average Bonchev–Trinajstić information content (AvgIpc) is 2.46. The second kappa shape index (κ2) is 4.69. The van der Waals surface area contributed by atoms with Gasteiger partial charge in [-0.15, -0.1) is 0 Å². The highest BCUT2D eigenvalue weighted by Gasteiger charge is 2.32. The third-order valence-corrected chi connectivity index (χ3v) is 4.48. The minimum atomic E-state index is 0.0172. The molecular formula is C12H18N2OS2. The molecule has 1 amide bonds. The molecule has 0 bridgehead atoms. The van der Waals surface area contributed by atoms with E-state index in [4.69, 9.17) is 12.2 Å². The summed E-state index contributed by atoms with van der Waals surface area (Å²) in [5.41, 5.74) is 1.40. The van der Waals surface area contributed by atoms with E-state index in [1.807, 2.05) is 0 Å². The zero-order chi connectivity index (χ0) is 12.6. The van der Waals surface area contributed by atoms with Crippen LogP contribution in [0, 0.1) is 11.3 Å². The van der Waals surface area contributed by atoms with Crippen LogP contribution in [0.3, 0.4) is 0 Å². The lowest BCUT2D eigenvalue weighted by Crippen LogP contribution is -2.31. The Bertz CT molecular complexity index is 374. The van der Waals surface area contributed by atoms with Crippen molar-refractivity contribution in [3.05, 3.63) is 0 Å². The van der Waals surface area contributed by atoms with Crippen molar-refractivity contribution in [3.8, 4) is 0 Å². The van der Waals surface area contributed by atoms with Gasteiger partial charge in [-0.25, -0.2) is 0 Å². The molecule has 1 saturated carbocycles. The van der Waals surface area contributed by atoms with Gasteiger partial charge in [-0.3, -0.25) is 4.79 Å². The molecule has 2 rings (SSSR count). The van der Waals surface area contributed by atoms with Crippen molar-refractivity contribution < 1.29 is 4.79 Å². The fourth-order valence-corrected chi connectivity index (χ4v) is 3.73. The fourth-order valence-electron chi connectivity index (χ4n) is 2.78. The summed E-state index contributed by atoms with van der Waals surface area (Å²) in [5.74, 6) is 1.09. The molecule has 94 valence electrons. The molecule has 0 aromatic carbocycles. The molecule has 2 aliphatic rings. The number of hydrogen-bond acceptors (Lipinski definition) is 4. The summed E-state index contributed by atoms with van der Waals surface area (Å²) in [4.78, 5) is 11.6. The number of nitrogens with zero attached hydrogens (tertiary/aromatic N) is 2. The minimum Gasteiger partial charge on any atom is -0.272 e. The zero-order valence-electron chi connectivity index (χ0n) is 10.5. The number of carbonyl (C=O) groups is 1. The van der Waals surface area contributed by atoms with Crippen LogP contribution in [0.15, 0.2) is 5.10 Å². The number of thiocarbonyl (C=S) groups is 1. The van der Waals surface area contributed by atoms with Crippen LogP contribution >= 0.6 is 24.0 Å². The van der Waals surface area contributed by atoms with Gasteiger partial charge >= 0.3 is 0 Å². The van der Waals surface area contributed by atoms with Crippen molar-refractivity contribution in [2.24, 2.45) is 16.4 Å². The van der Waals surface area contributed by atoms with Crippen molar-refractivity contribution >= 4 is 39.9 Å². The van der Waals surface area contributed by atoms with Crippen molar-refractivity contribution in [1.29, 1.82) is 0 Å². The Morgan fingerprint density at radius 2 is 2.24 bits per heavy atom. The normalized spacial score (nSPS) is 31.4. The lowest BCUT2D eigenvalue weighted by molar-refractivity contribution is -0.124. The first-order chi connectivity index (χ1) is 7.87. The molecule has 0 N–H and O–H groups in total. The Hall–Kier alpha value is -0.420. The van der Waals surface area contributed by atoms with Gasteiger partial charge in [0.15, 0.2) is 4.32 Å². The maximum absolute atomic E-state index is 11.6. The van der Waals surface area contributed by atoms with Crippen LogP contribution in [-0.2, 0) is 4.79 Å². The van der Waals surface area contributed by atoms with Crippen LogP contribution in [0.5, 0.6) is 0 Å². The second-order valence-electron chi connectivity index (χ2n) is 5.78. The molecule has 1 aliphatic carbocycles. The van der Waals surface area contributed by atoms with Crippen LogP contribution in [0.25, 0.3) is 0 Å². The first-order valence-corrected chi connectivity index (χ1v) is 7.33. The third-order valence-electron chi connectivity index (χ3n) is 3.14. The molecule has 1 unspecified atom stereocenters. The highest BCUT2D eigenvalue weighted by atomic mass is 32.2. The van der Waals surface area contributed by atoms with E-state index in [9.17, 15) is 4.79 Å². The molecule has 17 heavy (non-hydrogen) atoms. The number of amides is 1. The molecule has 0 aromatic heterocycles. The zero-order valence-corrected chi connectivity index (χ0v) is 12.2. The summed E-state index contributed by atoms with van der Waals surface area (Å²) < 4.78 is 0.596. The predicted molar refractivity (Wildman–Crippen MR) is 76.1 cm³/mol. The van der Waals surface area contributed by atoms with Crippen molar-refractivity contribution in [2.75, 3.05) is 5.75 Å². The molecule has 5 heteroatoms. The van der Waals surface area contributed by atoms with Gasteiger partial charge in [0.2, 0.25) is 0 Å². The van der Waals surface area contributed by atoms with Gasteiger partial charge in [-0.1, -0.05) is 44.8 Å². The first kappa shape index (κ1) is 13.0. The standard InChI is InChI=1S/C12H18N2OS2/c1-8-4-9(6-12(2,3)5-8)13-14-10(15)7-17-11(14)16/h8H,4-7H2,1-3H3. The summed E-state index contributed by atoms with van der Waals surface area (Å²) >= 11 is 6.54. The maximum atomic E-state index is 11.6. The fraction of sp³-hybridized carbons (Fsp3) is 0.750. The first-order valence-electron chi connectivity index (χ1n) is 5.93. The Labute approximate surface area is 112 Å². The van der Waals surface area contributed by atoms with Gasteiger partial charge in [-0.05, 0) is 30.6 Å². The van der Waals surface area contributed by atoms with Crippen LogP contribution in [0.2, 0.25) is 0 Å². The molecule has 1 heterocycles. The number of carbonyl (C=O) groups excluding carboxylic acids is 1. The van der Waals surface area contributed by atoms with E-state index in [1.165, 1.54) is 23.2 Å². The van der Waals surface area contributed by atoms with Gasteiger partial charge < -0.3 is 0 Å². The maximum Gasteiger partial charge on any atom is 0.259 e. The van der Waals surface area contributed by atoms with Crippen molar-refractivity contribution in [2.45, 2.75) is 40.0 Å². The quantitative estimate of drug-likeness (QED) is 0.687. The lowest BCUT2D eigenvalue weighted by Gasteiger charge is -2.34. The molecular weight excluding hydrogens is 252 g/mol. The topological polar surface area (TPSA) is 32.7 Å². The average molecular weight is 270 g/mol. The minimum absolute atomic E-state index is 0.0172. The molecule has 0 radical (unpaired) electrons. The number of hydrogen-bond donors (Lipinski definition) is 0. The smallest absolute Gasteiger partial charge is 0.259 e. The Morgan fingerprint density at radius 3 is 2.76 bits per heavy atom. The van der Waals surface area contributed by atoms with E-state index in [-0.39, 0.29) is 11.3 Å². The largest absolute Gasteiger partial charge is 0.272 e. The second-order valence-corrected chi connectivity index (χ2v) is 7.39. The monoisotopic (exact) mass is 270 g/mol. The van der Waals surface area contributed by atoms with E-state index < -0.39 is 0 Å². The van der Waals surface area contributed by atoms with Gasteiger partial charge in [-0.2, -0.15) is 10.1 Å². The van der Waals surface area contributed by atoms with Crippen LogP contribution < -0.4 is 0 Å². The highest BCUT2D eigenvalue weighted by molar-refractivity contribution is 8.23. The van der Waals surface area contributed by atoms with Gasteiger partial charge in [0.25, 0.3) is 5.91 Å². The summed E-state index contributed by atoms with van der Waals surface area (Å²) in [6.45, 7) is 6.77. The van der Waals surface area contributed by atoms with E-state index in [0.717, 1.165) is 18.6 Å². The van der Waals surface area contributed by atoms with E-state index >= 15 is 0 Å². The number of thioether (sulfide) groups is 1. The van der Waals surface area contributed by atoms with Crippen LogP contribution in [0.1, 0.15) is 40.0 Å². The van der Waals surface area contributed by atoms with Crippen molar-refractivity contribution in [1.82, 2.24) is 5.01 Å². The SMILES string of the molecule is CC1CC(=NN2C(=O)CSC2=S)CC(C)(C)C1. The van der Waals surface area contributed by atoms with Crippen molar-refractivity contribution in [3.63, 3.8) is 0 Å². The van der Waals surface area contributed by atoms with E-state index in [1.54, 1.807) is 0 Å². The van der Waals surface area contributed by atoms with Crippen LogP contribution in [0.4, 0.5) is 0 Å². The summed E-state index contributed by atoms with van der Waals surface area (Å²) in [7, 11) is 0. The predicted octanol–water partition coefficient (Wildman–Crippen LogP) is 3.05. The van der Waals surface area contributed by atoms with Gasteiger partial charge in [0.1, 0.15) is 0 Å².